The Balaban J connectivity index is 4.60. The minimum Gasteiger partial charge on any atom is -0.387 e. The lowest BCUT2D eigenvalue weighted by atomic mass is 10.1. The minimum absolute atomic E-state index is 0.0540. The molecule has 0 aromatic heterocycles. The third kappa shape index (κ3) is 33.0. The number of carbonyl (C=O) groups excluding carboxylic acids is 1. The van der Waals surface area contributed by atoms with Crippen molar-refractivity contribution in [2.75, 3.05) is 40.9 Å². The van der Waals surface area contributed by atoms with E-state index in [1.165, 1.54) is 77.0 Å². The van der Waals surface area contributed by atoms with E-state index >= 15 is 0 Å². The summed E-state index contributed by atoms with van der Waals surface area (Å²) in [6, 6.07) is -0.863. The second-order valence-corrected chi connectivity index (χ2v) is 15.4. The van der Waals surface area contributed by atoms with Crippen molar-refractivity contribution in [2.45, 2.75) is 161 Å². The summed E-state index contributed by atoms with van der Waals surface area (Å²) in [5.74, 6) is -0.200. The molecule has 0 aromatic rings. The van der Waals surface area contributed by atoms with Gasteiger partial charge in [0.15, 0.2) is 0 Å². The molecule has 0 rings (SSSR count). The van der Waals surface area contributed by atoms with E-state index in [0.717, 1.165) is 51.4 Å². The first-order valence-electron chi connectivity index (χ1n) is 18.9. The Morgan fingerprint density at radius 1 is 0.702 bits per heavy atom. The van der Waals surface area contributed by atoms with Crippen LogP contribution in [0, 0.1) is 0 Å². The average Bonchev–Trinajstić information content (AvgIpc) is 3.01. The van der Waals surface area contributed by atoms with Gasteiger partial charge in [0.1, 0.15) is 13.2 Å². The quantitative estimate of drug-likeness (QED) is 0.0275. The summed E-state index contributed by atoms with van der Waals surface area (Å²) in [6.07, 6.45) is 34.9. The molecule has 1 amide bonds. The molecule has 3 atom stereocenters. The maximum absolute atomic E-state index is 12.8. The molecule has 0 fully saturated rings. The average molecular weight is 686 g/mol. The molecule has 0 radical (unpaired) electrons. The lowest BCUT2D eigenvalue weighted by Gasteiger charge is -2.25. The van der Waals surface area contributed by atoms with Crippen LogP contribution < -0.4 is 5.32 Å². The van der Waals surface area contributed by atoms with Gasteiger partial charge in [-0.25, -0.2) is 4.57 Å². The Kier molecular flexibility index (Phi) is 29.9. The molecule has 0 heterocycles. The van der Waals surface area contributed by atoms with E-state index in [1.807, 2.05) is 27.2 Å². The number of hydrogen-bond donors (Lipinski definition) is 3. The van der Waals surface area contributed by atoms with Crippen molar-refractivity contribution in [3.8, 4) is 0 Å². The molecule has 0 aliphatic heterocycles. The summed E-state index contributed by atoms with van der Waals surface area (Å²) in [5, 5.41) is 13.7. The van der Waals surface area contributed by atoms with Gasteiger partial charge in [-0.1, -0.05) is 121 Å². The number of likely N-dealkylation sites (N-methyl/N-ethyl adjacent to an activating group) is 1. The van der Waals surface area contributed by atoms with Crippen molar-refractivity contribution in [1.29, 1.82) is 0 Å². The third-order valence-electron chi connectivity index (χ3n) is 8.08. The highest BCUT2D eigenvalue weighted by molar-refractivity contribution is 7.47. The van der Waals surface area contributed by atoms with Crippen LogP contribution in [0.15, 0.2) is 36.5 Å². The summed E-state index contributed by atoms with van der Waals surface area (Å²) in [7, 11) is 1.54. The Morgan fingerprint density at radius 2 is 1.17 bits per heavy atom. The third-order valence-corrected chi connectivity index (χ3v) is 9.07. The Bertz CT molecular complexity index is 871. The lowest BCUT2D eigenvalue weighted by molar-refractivity contribution is -0.870. The van der Waals surface area contributed by atoms with Crippen molar-refractivity contribution in [3.63, 3.8) is 0 Å². The first-order chi connectivity index (χ1) is 22.5. The van der Waals surface area contributed by atoms with Crippen LogP contribution in [0.1, 0.15) is 149 Å². The SMILES string of the molecule is CCCCCCC/C=C\CCCCCCCC(=O)NC(COP(=O)(O)OCC[N+](C)(C)C)C(O)/C=C/CC/C=C/CCCCCCC. The van der Waals surface area contributed by atoms with Crippen LogP contribution in [-0.4, -0.2) is 73.4 Å². The fraction of sp³-hybridized carbons (Fsp3) is 0.816. The van der Waals surface area contributed by atoms with Gasteiger partial charge in [0, 0.05) is 6.42 Å². The van der Waals surface area contributed by atoms with Crippen molar-refractivity contribution >= 4 is 13.7 Å². The van der Waals surface area contributed by atoms with E-state index < -0.39 is 20.0 Å². The molecule has 0 bridgehead atoms. The van der Waals surface area contributed by atoms with Crippen LogP contribution >= 0.6 is 7.82 Å². The molecule has 0 aromatic carbocycles. The summed E-state index contributed by atoms with van der Waals surface area (Å²) in [5.41, 5.74) is 0. The number of amides is 1. The standard InChI is InChI=1S/C38H73N2O6P/c1-6-8-10-12-14-16-18-19-20-22-24-26-28-30-32-38(42)39-36(35-46-47(43,44)45-34-33-40(3,4)5)37(41)31-29-27-25-23-21-17-15-13-11-9-7-2/h18-19,21,23,29,31,36-37,41H,6-17,20,22,24-28,30,32-35H2,1-5H3,(H-,39,42,43,44)/p+1/b19-18-,23-21+,31-29+. The van der Waals surface area contributed by atoms with Gasteiger partial charge < -0.3 is 19.8 Å². The first-order valence-corrected chi connectivity index (χ1v) is 20.4. The number of nitrogens with one attached hydrogen (secondary N) is 1. The van der Waals surface area contributed by atoms with E-state index in [-0.39, 0.29) is 19.1 Å². The van der Waals surface area contributed by atoms with Crippen molar-refractivity contribution in [2.24, 2.45) is 0 Å². The molecule has 0 saturated heterocycles. The van der Waals surface area contributed by atoms with Crippen LogP contribution in [0.5, 0.6) is 0 Å². The maximum atomic E-state index is 12.8. The fourth-order valence-electron chi connectivity index (χ4n) is 4.99. The second kappa shape index (κ2) is 30.8. The van der Waals surface area contributed by atoms with Gasteiger partial charge in [-0.05, 0) is 57.8 Å². The molecule has 3 N–H and O–H groups in total. The summed E-state index contributed by atoms with van der Waals surface area (Å²) >= 11 is 0. The van der Waals surface area contributed by atoms with Gasteiger partial charge in [0.25, 0.3) is 0 Å². The van der Waals surface area contributed by atoms with Crippen molar-refractivity contribution in [1.82, 2.24) is 5.32 Å². The number of aliphatic hydroxyl groups excluding tert-OH is 1. The Hall–Kier alpha value is -1.28. The van der Waals surface area contributed by atoms with E-state index in [0.29, 0.717) is 17.4 Å². The number of phosphoric ester groups is 1. The topological polar surface area (TPSA) is 105 Å². The highest BCUT2D eigenvalue weighted by Crippen LogP contribution is 2.43. The molecule has 47 heavy (non-hydrogen) atoms. The van der Waals surface area contributed by atoms with Crippen LogP contribution in [-0.2, 0) is 18.4 Å². The van der Waals surface area contributed by atoms with Gasteiger partial charge >= 0.3 is 7.82 Å². The number of nitrogens with zero attached hydrogens (tertiary/aromatic N) is 1. The number of aliphatic hydroxyl groups is 1. The number of allylic oxidation sites excluding steroid dienone is 5. The summed E-state index contributed by atoms with van der Waals surface area (Å²) < 4.78 is 23.4. The van der Waals surface area contributed by atoms with E-state index in [1.54, 1.807) is 6.08 Å². The van der Waals surface area contributed by atoms with E-state index in [9.17, 15) is 19.4 Å². The van der Waals surface area contributed by atoms with Gasteiger partial charge in [-0.3, -0.25) is 13.8 Å². The van der Waals surface area contributed by atoms with Crippen LogP contribution in [0.2, 0.25) is 0 Å². The fourth-order valence-corrected chi connectivity index (χ4v) is 5.73. The zero-order valence-corrected chi connectivity index (χ0v) is 31.9. The van der Waals surface area contributed by atoms with Gasteiger partial charge in [-0.2, -0.15) is 0 Å². The number of quaternary nitrogens is 1. The highest BCUT2D eigenvalue weighted by Gasteiger charge is 2.27. The lowest BCUT2D eigenvalue weighted by Crippen LogP contribution is -2.45. The zero-order chi connectivity index (χ0) is 35.1. The van der Waals surface area contributed by atoms with Crippen molar-refractivity contribution < 1.29 is 32.9 Å². The molecule has 0 spiro atoms. The van der Waals surface area contributed by atoms with Crippen molar-refractivity contribution in [3.05, 3.63) is 36.5 Å². The second-order valence-electron chi connectivity index (χ2n) is 13.9. The maximum Gasteiger partial charge on any atom is 0.472 e. The molecule has 276 valence electrons. The molecule has 3 unspecified atom stereocenters. The van der Waals surface area contributed by atoms with E-state index in [4.69, 9.17) is 9.05 Å². The smallest absolute Gasteiger partial charge is 0.387 e. The van der Waals surface area contributed by atoms with Crippen LogP contribution in [0.25, 0.3) is 0 Å². The van der Waals surface area contributed by atoms with Gasteiger partial charge in [0.05, 0.1) is 39.9 Å². The Morgan fingerprint density at radius 3 is 1.70 bits per heavy atom. The van der Waals surface area contributed by atoms with Gasteiger partial charge in [0.2, 0.25) is 5.91 Å². The highest BCUT2D eigenvalue weighted by atomic mass is 31.2. The monoisotopic (exact) mass is 686 g/mol. The molecule has 9 heteroatoms. The number of phosphoric acid groups is 1. The molecule has 0 saturated carbocycles. The summed E-state index contributed by atoms with van der Waals surface area (Å²) in [6.45, 7) is 4.72. The first kappa shape index (κ1) is 45.7. The number of hydrogen-bond acceptors (Lipinski definition) is 5. The molecule has 0 aliphatic rings. The molecular formula is C38H74N2O6P+. The number of unbranched alkanes of at least 4 members (excludes halogenated alkanes) is 16. The summed E-state index contributed by atoms with van der Waals surface area (Å²) in [4.78, 5) is 22.9. The molecular weight excluding hydrogens is 611 g/mol. The van der Waals surface area contributed by atoms with E-state index in [2.05, 4.69) is 43.5 Å². The van der Waals surface area contributed by atoms with Crippen LogP contribution in [0.3, 0.4) is 0 Å². The predicted octanol–water partition coefficient (Wildman–Crippen LogP) is 9.57. The van der Waals surface area contributed by atoms with Gasteiger partial charge in [-0.15, -0.1) is 0 Å². The number of carbonyl (C=O) groups is 1. The Labute approximate surface area is 289 Å². The predicted molar refractivity (Wildman–Crippen MR) is 198 cm³/mol. The zero-order valence-electron chi connectivity index (χ0n) is 31.0. The number of rotatable bonds is 33. The largest absolute Gasteiger partial charge is 0.472 e. The molecule has 8 nitrogen and oxygen atoms in total. The minimum atomic E-state index is -4.34. The molecule has 0 aliphatic carbocycles. The van der Waals surface area contributed by atoms with Crippen LogP contribution in [0.4, 0.5) is 0 Å². The normalized spacial score (nSPS) is 15.1.